The Labute approximate surface area is 131 Å². The van der Waals surface area contributed by atoms with Crippen LogP contribution in [-0.2, 0) is 23.0 Å². The Kier molecular flexibility index (Phi) is 3.81. The van der Waals surface area contributed by atoms with Gasteiger partial charge in [-0.3, -0.25) is 0 Å². The molecule has 20 heavy (non-hydrogen) atoms. The lowest BCUT2D eigenvalue weighted by molar-refractivity contribution is 0.394. The smallest absolute Gasteiger partial charge is 0.207 e. The first-order chi connectivity index (χ1) is 9.48. The molecule has 0 amide bonds. The molecule has 0 aliphatic carbocycles. The maximum Gasteiger partial charge on any atom is 0.244 e. The lowest BCUT2D eigenvalue weighted by atomic mass is 10.1. The fourth-order valence-corrected chi connectivity index (χ4v) is 5.29. The third-order valence-electron chi connectivity index (χ3n) is 3.28. The van der Waals surface area contributed by atoms with Crippen LogP contribution in [0.15, 0.2) is 34.5 Å². The van der Waals surface area contributed by atoms with Gasteiger partial charge in [-0.1, -0.05) is 23.2 Å². The molecule has 1 aromatic carbocycles. The van der Waals surface area contributed by atoms with Crippen molar-refractivity contribution in [3.63, 3.8) is 0 Å². The van der Waals surface area contributed by atoms with Gasteiger partial charge in [0.05, 0.1) is 5.02 Å². The summed E-state index contributed by atoms with van der Waals surface area (Å²) in [6.07, 6.45) is 0.740. The van der Waals surface area contributed by atoms with Crippen molar-refractivity contribution in [2.45, 2.75) is 17.9 Å². The first-order valence-corrected chi connectivity index (χ1v) is 9.06. The molecule has 1 aliphatic rings. The van der Waals surface area contributed by atoms with Crippen LogP contribution in [0.5, 0.6) is 0 Å². The average Bonchev–Trinajstić information content (AvgIpc) is 2.88. The molecule has 0 saturated carbocycles. The van der Waals surface area contributed by atoms with Crippen LogP contribution >= 0.6 is 34.5 Å². The quantitative estimate of drug-likeness (QED) is 0.828. The Hall–Kier alpha value is -0.590. The van der Waals surface area contributed by atoms with Crippen molar-refractivity contribution < 1.29 is 8.42 Å². The van der Waals surface area contributed by atoms with Gasteiger partial charge in [0.25, 0.3) is 0 Å². The predicted molar refractivity (Wildman–Crippen MR) is 82.1 cm³/mol. The fraction of sp³-hybridized carbons (Fsp3) is 0.231. The number of benzene rings is 1. The first-order valence-electron chi connectivity index (χ1n) is 5.99. The average molecular weight is 348 g/mol. The Bertz CT molecular complexity index is 755. The summed E-state index contributed by atoms with van der Waals surface area (Å²) in [6, 6.07) is 6.47. The summed E-state index contributed by atoms with van der Waals surface area (Å²) in [4.78, 5) is 1.33. The summed E-state index contributed by atoms with van der Waals surface area (Å²) in [7, 11) is -3.61. The molecular weight excluding hydrogens is 337 g/mol. The van der Waals surface area contributed by atoms with Gasteiger partial charge < -0.3 is 0 Å². The number of rotatable bonds is 2. The van der Waals surface area contributed by atoms with E-state index in [1.165, 1.54) is 21.3 Å². The minimum Gasteiger partial charge on any atom is -0.207 e. The SMILES string of the molecule is O=S(=O)(c1cc(Cl)ccc1Cl)N1CCc2sccc2C1. The molecule has 0 spiro atoms. The summed E-state index contributed by atoms with van der Waals surface area (Å²) in [5.41, 5.74) is 1.07. The number of fused-ring (bicyclic) bond motifs is 1. The fourth-order valence-electron chi connectivity index (χ4n) is 2.24. The van der Waals surface area contributed by atoms with E-state index >= 15 is 0 Å². The van der Waals surface area contributed by atoms with E-state index in [-0.39, 0.29) is 9.92 Å². The maximum atomic E-state index is 12.7. The zero-order valence-electron chi connectivity index (χ0n) is 10.3. The van der Waals surface area contributed by atoms with Gasteiger partial charge in [0.2, 0.25) is 10.0 Å². The van der Waals surface area contributed by atoms with Crippen molar-refractivity contribution in [2.24, 2.45) is 0 Å². The predicted octanol–water partition coefficient (Wildman–Crippen LogP) is 3.80. The molecule has 0 unspecified atom stereocenters. The van der Waals surface area contributed by atoms with Crippen molar-refractivity contribution in [2.75, 3.05) is 6.54 Å². The molecule has 2 aromatic rings. The van der Waals surface area contributed by atoms with Gasteiger partial charge in [-0.15, -0.1) is 11.3 Å². The van der Waals surface area contributed by atoms with Gasteiger partial charge in [-0.25, -0.2) is 8.42 Å². The highest BCUT2D eigenvalue weighted by molar-refractivity contribution is 7.89. The van der Waals surface area contributed by atoms with E-state index in [1.807, 2.05) is 11.4 Å². The van der Waals surface area contributed by atoms with Gasteiger partial charge in [0.15, 0.2) is 0 Å². The second kappa shape index (κ2) is 5.31. The molecule has 1 aliphatic heterocycles. The second-order valence-electron chi connectivity index (χ2n) is 4.53. The molecular formula is C13H11Cl2NO2S2. The molecule has 0 radical (unpaired) electrons. The van der Waals surface area contributed by atoms with Crippen LogP contribution in [0.2, 0.25) is 10.0 Å². The normalized spacial score (nSPS) is 16.1. The van der Waals surface area contributed by atoms with E-state index in [2.05, 4.69) is 0 Å². The number of hydrogen-bond acceptors (Lipinski definition) is 3. The van der Waals surface area contributed by atoms with Crippen molar-refractivity contribution >= 4 is 44.6 Å². The van der Waals surface area contributed by atoms with Crippen LogP contribution in [0.4, 0.5) is 0 Å². The number of sulfonamides is 1. The number of thiophene rings is 1. The van der Waals surface area contributed by atoms with Gasteiger partial charge in [0, 0.05) is 23.0 Å². The standard InChI is InChI=1S/C13H11Cl2NO2S2/c14-10-1-2-11(15)13(7-10)20(17,18)16-5-3-12-9(8-16)4-6-19-12/h1-2,4,6-7H,3,5,8H2. The third kappa shape index (κ3) is 2.49. The van der Waals surface area contributed by atoms with Gasteiger partial charge >= 0.3 is 0 Å². The van der Waals surface area contributed by atoms with Crippen LogP contribution in [0.25, 0.3) is 0 Å². The highest BCUT2D eigenvalue weighted by Crippen LogP contribution is 2.32. The van der Waals surface area contributed by atoms with Crippen LogP contribution in [0.1, 0.15) is 10.4 Å². The largest absolute Gasteiger partial charge is 0.244 e. The monoisotopic (exact) mass is 347 g/mol. The van der Waals surface area contributed by atoms with E-state index in [0.29, 0.717) is 18.1 Å². The molecule has 7 heteroatoms. The van der Waals surface area contributed by atoms with Crippen LogP contribution < -0.4 is 0 Å². The summed E-state index contributed by atoms with van der Waals surface area (Å²) in [5, 5.41) is 2.55. The Balaban J connectivity index is 1.99. The molecule has 0 atom stereocenters. The highest BCUT2D eigenvalue weighted by atomic mass is 35.5. The molecule has 3 rings (SSSR count). The molecule has 0 N–H and O–H groups in total. The van der Waals surface area contributed by atoms with Gasteiger partial charge in [-0.05, 0) is 41.6 Å². The molecule has 106 valence electrons. The lowest BCUT2D eigenvalue weighted by Crippen LogP contribution is -2.35. The molecule has 2 heterocycles. The van der Waals surface area contributed by atoms with Crippen LogP contribution in [0.3, 0.4) is 0 Å². The van der Waals surface area contributed by atoms with Crippen LogP contribution in [-0.4, -0.2) is 19.3 Å². The Morgan fingerprint density at radius 3 is 2.80 bits per heavy atom. The molecule has 0 bridgehead atoms. The van der Waals surface area contributed by atoms with E-state index in [9.17, 15) is 8.42 Å². The zero-order chi connectivity index (χ0) is 14.3. The van der Waals surface area contributed by atoms with Gasteiger partial charge in [-0.2, -0.15) is 4.31 Å². The van der Waals surface area contributed by atoms with Crippen molar-refractivity contribution in [1.29, 1.82) is 0 Å². The Morgan fingerprint density at radius 2 is 2.00 bits per heavy atom. The maximum absolute atomic E-state index is 12.7. The van der Waals surface area contributed by atoms with E-state index in [4.69, 9.17) is 23.2 Å². The minimum absolute atomic E-state index is 0.0744. The first kappa shape index (κ1) is 14.4. The number of nitrogens with zero attached hydrogens (tertiary/aromatic N) is 1. The van der Waals surface area contributed by atoms with Crippen molar-refractivity contribution in [1.82, 2.24) is 4.31 Å². The summed E-state index contributed by atoms with van der Waals surface area (Å²) in [5.74, 6) is 0. The molecule has 0 saturated heterocycles. The summed E-state index contributed by atoms with van der Waals surface area (Å²) < 4.78 is 26.8. The van der Waals surface area contributed by atoms with Crippen molar-refractivity contribution in [3.8, 4) is 0 Å². The highest BCUT2D eigenvalue weighted by Gasteiger charge is 2.30. The third-order valence-corrected chi connectivity index (χ3v) is 6.87. The minimum atomic E-state index is -3.61. The van der Waals surface area contributed by atoms with Crippen molar-refractivity contribution in [3.05, 3.63) is 50.1 Å². The summed E-state index contributed by atoms with van der Waals surface area (Å²) >= 11 is 13.6. The van der Waals surface area contributed by atoms with E-state index in [1.54, 1.807) is 17.4 Å². The topological polar surface area (TPSA) is 37.4 Å². The Morgan fingerprint density at radius 1 is 1.20 bits per heavy atom. The molecule has 0 fully saturated rings. The molecule has 3 nitrogen and oxygen atoms in total. The summed E-state index contributed by atoms with van der Waals surface area (Å²) in [6.45, 7) is 0.864. The number of hydrogen-bond donors (Lipinski definition) is 0. The lowest BCUT2D eigenvalue weighted by Gasteiger charge is -2.26. The number of halogens is 2. The zero-order valence-corrected chi connectivity index (χ0v) is 13.5. The second-order valence-corrected chi connectivity index (χ2v) is 8.28. The van der Waals surface area contributed by atoms with Gasteiger partial charge in [0.1, 0.15) is 4.90 Å². The molecule has 1 aromatic heterocycles. The van der Waals surface area contributed by atoms with Crippen LogP contribution in [0, 0.1) is 0 Å². The van der Waals surface area contributed by atoms with E-state index < -0.39 is 10.0 Å². The van der Waals surface area contributed by atoms with E-state index in [0.717, 1.165) is 12.0 Å².